The molecular formula is C18H25N5O4. The van der Waals surface area contributed by atoms with Crippen molar-refractivity contribution in [3.63, 3.8) is 0 Å². The van der Waals surface area contributed by atoms with Gasteiger partial charge in [-0.3, -0.25) is 14.5 Å². The summed E-state index contributed by atoms with van der Waals surface area (Å²) in [5.41, 5.74) is 0.847. The summed E-state index contributed by atoms with van der Waals surface area (Å²) in [6, 6.07) is 1.40. The Morgan fingerprint density at radius 2 is 1.81 bits per heavy atom. The van der Waals surface area contributed by atoms with Crippen LogP contribution in [0.15, 0.2) is 6.07 Å². The standard InChI is InChI=1S/C18H25N5O4/c1-4-21-9-10-23(17(25)16(21)24)18(26)22-7-5-14(6-8-22)27-15-11-12(2)19-13(3)20-15/h11,14H,4-10H2,1-3H3. The maximum atomic E-state index is 12.7. The lowest BCUT2D eigenvalue weighted by atomic mass is 10.1. The molecule has 2 aliphatic rings. The monoisotopic (exact) mass is 375 g/mol. The number of aromatic nitrogens is 2. The van der Waals surface area contributed by atoms with E-state index in [9.17, 15) is 14.4 Å². The van der Waals surface area contributed by atoms with Gasteiger partial charge in [-0.2, -0.15) is 4.98 Å². The third kappa shape index (κ3) is 4.17. The Labute approximate surface area is 158 Å². The van der Waals surface area contributed by atoms with Crippen LogP contribution in [-0.2, 0) is 9.59 Å². The quantitative estimate of drug-likeness (QED) is 0.724. The van der Waals surface area contributed by atoms with E-state index in [0.29, 0.717) is 50.7 Å². The van der Waals surface area contributed by atoms with Gasteiger partial charge in [0.2, 0.25) is 5.88 Å². The normalized spacial score (nSPS) is 18.9. The second-order valence-electron chi connectivity index (χ2n) is 6.82. The summed E-state index contributed by atoms with van der Waals surface area (Å²) in [6.07, 6.45) is 1.24. The first-order valence-electron chi connectivity index (χ1n) is 9.27. The van der Waals surface area contributed by atoms with Gasteiger partial charge in [0.05, 0.1) is 0 Å². The summed E-state index contributed by atoms with van der Waals surface area (Å²) in [4.78, 5) is 49.5. The molecule has 0 aromatic carbocycles. The third-order valence-corrected chi connectivity index (χ3v) is 4.86. The molecule has 9 nitrogen and oxygen atoms in total. The number of ether oxygens (including phenoxy) is 1. The lowest BCUT2D eigenvalue weighted by molar-refractivity contribution is -0.154. The van der Waals surface area contributed by atoms with Gasteiger partial charge in [0.15, 0.2) is 0 Å². The van der Waals surface area contributed by atoms with Crippen LogP contribution in [0.3, 0.4) is 0 Å². The Morgan fingerprint density at radius 3 is 2.44 bits per heavy atom. The van der Waals surface area contributed by atoms with Crippen molar-refractivity contribution < 1.29 is 19.1 Å². The summed E-state index contributed by atoms with van der Waals surface area (Å²) < 4.78 is 5.93. The van der Waals surface area contributed by atoms with E-state index in [0.717, 1.165) is 10.6 Å². The number of amides is 4. The molecule has 0 aliphatic carbocycles. The molecule has 4 amide bonds. The fourth-order valence-corrected chi connectivity index (χ4v) is 3.41. The van der Waals surface area contributed by atoms with Crippen LogP contribution >= 0.6 is 0 Å². The number of carbonyl (C=O) groups is 3. The lowest BCUT2D eigenvalue weighted by Gasteiger charge is -2.37. The number of likely N-dealkylation sites (N-methyl/N-ethyl adjacent to an activating group) is 1. The van der Waals surface area contributed by atoms with Gasteiger partial charge in [-0.05, 0) is 20.8 Å². The van der Waals surface area contributed by atoms with Crippen LogP contribution in [0.5, 0.6) is 5.88 Å². The lowest BCUT2D eigenvalue weighted by Crippen LogP contribution is -2.59. The highest BCUT2D eigenvalue weighted by atomic mass is 16.5. The molecule has 2 saturated heterocycles. The molecule has 146 valence electrons. The van der Waals surface area contributed by atoms with E-state index < -0.39 is 17.8 Å². The summed E-state index contributed by atoms with van der Waals surface area (Å²) in [5.74, 6) is -0.142. The average molecular weight is 375 g/mol. The van der Waals surface area contributed by atoms with Gasteiger partial charge >= 0.3 is 17.8 Å². The molecule has 0 saturated carbocycles. The molecule has 3 rings (SSSR count). The molecule has 1 aromatic heterocycles. The molecule has 27 heavy (non-hydrogen) atoms. The summed E-state index contributed by atoms with van der Waals surface area (Å²) >= 11 is 0. The Morgan fingerprint density at radius 1 is 1.11 bits per heavy atom. The van der Waals surface area contributed by atoms with Gasteiger partial charge in [0.25, 0.3) is 0 Å². The van der Waals surface area contributed by atoms with Crippen molar-refractivity contribution in [2.24, 2.45) is 0 Å². The molecule has 2 aliphatic heterocycles. The molecule has 0 unspecified atom stereocenters. The Hall–Kier alpha value is -2.71. The maximum Gasteiger partial charge on any atom is 0.327 e. The fraction of sp³-hybridized carbons (Fsp3) is 0.611. The number of imide groups is 1. The largest absolute Gasteiger partial charge is 0.474 e. The van der Waals surface area contributed by atoms with E-state index in [2.05, 4.69) is 9.97 Å². The molecule has 9 heteroatoms. The fourth-order valence-electron chi connectivity index (χ4n) is 3.41. The number of piperazine rings is 1. The van der Waals surface area contributed by atoms with Crippen molar-refractivity contribution in [2.75, 3.05) is 32.7 Å². The summed E-state index contributed by atoms with van der Waals surface area (Å²) in [5, 5.41) is 0. The topological polar surface area (TPSA) is 95.9 Å². The molecular weight excluding hydrogens is 350 g/mol. The number of nitrogens with zero attached hydrogens (tertiary/aromatic N) is 5. The molecule has 1 aromatic rings. The zero-order chi connectivity index (χ0) is 19.6. The van der Waals surface area contributed by atoms with Crippen molar-refractivity contribution in [3.8, 4) is 5.88 Å². The first-order valence-corrected chi connectivity index (χ1v) is 9.27. The third-order valence-electron chi connectivity index (χ3n) is 4.86. The van der Waals surface area contributed by atoms with E-state index in [1.54, 1.807) is 11.0 Å². The van der Waals surface area contributed by atoms with Crippen molar-refractivity contribution in [2.45, 2.75) is 39.7 Å². The summed E-state index contributed by atoms with van der Waals surface area (Å²) in [6.45, 7) is 7.57. The number of likely N-dealkylation sites (tertiary alicyclic amines) is 1. The highest BCUT2D eigenvalue weighted by molar-refractivity contribution is 6.38. The van der Waals surface area contributed by atoms with Crippen LogP contribution in [0.25, 0.3) is 0 Å². The zero-order valence-corrected chi connectivity index (χ0v) is 16.0. The first kappa shape index (κ1) is 19.1. The minimum Gasteiger partial charge on any atom is -0.474 e. The van der Waals surface area contributed by atoms with Crippen LogP contribution in [0, 0.1) is 13.8 Å². The smallest absolute Gasteiger partial charge is 0.327 e. The van der Waals surface area contributed by atoms with Crippen molar-refractivity contribution in [1.29, 1.82) is 0 Å². The molecule has 2 fully saturated rings. The van der Waals surface area contributed by atoms with Crippen LogP contribution in [0.4, 0.5) is 4.79 Å². The number of piperidine rings is 1. The molecule has 0 spiro atoms. The maximum absolute atomic E-state index is 12.7. The van der Waals surface area contributed by atoms with E-state index in [1.165, 1.54) is 4.90 Å². The predicted molar refractivity (Wildman–Crippen MR) is 96.1 cm³/mol. The molecule has 0 atom stereocenters. The van der Waals surface area contributed by atoms with E-state index >= 15 is 0 Å². The number of hydrogen-bond acceptors (Lipinski definition) is 6. The molecule has 3 heterocycles. The van der Waals surface area contributed by atoms with Gasteiger partial charge in [0, 0.05) is 57.3 Å². The van der Waals surface area contributed by atoms with Gasteiger partial charge in [0.1, 0.15) is 11.9 Å². The number of hydrogen-bond donors (Lipinski definition) is 0. The minimum absolute atomic E-state index is 0.0444. The van der Waals surface area contributed by atoms with Gasteiger partial charge < -0.3 is 14.5 Å². The highest BCUT2D eigenvalue weighted by Gasteiger charge is 2.38. The van der Waals surface area contributed by atoms with Gasteiger partial charge in [-0.1, -0.05) is 0 Å². The second-order valence-corrected chi connectivity index (χ2v) is 6.82. The zero-order valence-electron chi connectivity index (χ0n) is 16.0. The first-order chi connectivity index (χ1) is 12.9. The van der Waals surface area contributed by atoms with E-state index in [-0.39, 0.29) is 12.6 Å². The van der Waals surface area contributed by atoms with Crippen LogP contribution in [0.1, 0.15) is 31.3 Å². The predicted octanol–water partition coefficient (Wildman–Crippen LogP) is 0.747. The molecule has 0 radical (unpaired) electrons. The Balaban J connectivity index is 1.55. The van der Waals surface area contributed by atoms with Crippen molar-refractivity contribution >= 4 is 17.8 Å². The van der Waals surface area contributed by atoms with E-state index in [1.807, 2.05) is 20.8 Å². The van der Waals surface area contributed by atoms with Crippen LogP contribution in [0.2, 0.25) is 0 Å². The second kappa shape index (κ2) is 7.89. The number of carbonyl (C=O) groups excluding carboxylic acids is 3. The molecule has 0 N–H and O–H groups in total. The van der Waals surface area contributed by atoms with Gasteiger partial charge in [-0.25, -0.2) is 9.78 Å². The van der Waals surface area contributed by atoms with Gasteiger partial charge in [-0.15, -0.1) is 0 Å². The van der Waals surface area contributed by atoms with Crippen LogP contribution < -0.4 is 4.74 Å². The number of aryl methyl sites for hydroxylation is 2. The van der Waals surface area contributed by atoms with E-state index in [4.69, 9.17) is 4.74 Å². The Kier molecular flexibility index (Phi) is 5.57. The number of urea groups is 1. The van der Waals surface area contributed by atoms with Crippen LogP contribution in [-0.4, -0.2) is 81.3 Å². The average Bonchev–Trinajstić information content (AvgIpc) is 2.63. The Bertz CT molecular complexity index is 725. The number of rotatable bonds is 3. The highest BCUT2D eigenvalue weighted by Crippen LogP contribution is 2.19. The summed E-state index contributed by atoms with van der Waals surface area (Å²) in [7, 11) is 0. The molecule has 0 bridgehead atoms. The minimum atomic E-state index is -0.738. The van der Waals surface area contributed by atoms with Crippen molar-refractivity contribution in [3.05, 3.63) is 17.6 Å². The van der Waals surface area contributed by atoms with Crippen molar-refractivity contribution in [1.82, 2.24) is 24.7 Å². The SMILES string of the molecule is CCN1CCN(C(=O)N2CCC(Oc3cc(C)nc(C)n3)CC2)C(=O)C1=O.